The van der Waals surface area contributed by atoms with Crippen molar-refractivity contribution in [3.63, 3.8) is 0 Å². The predicted octanol–water partition coefficient (Wildman–Crippen LogP) is 5.69. The molecule has 2 saturated carbocycles. The monoisotopic (exact) mass is 305 g/mol. The van der Waals surface area contributed by atoms with Crippen molar-refractivity contribution in [1.29, 1.82) is 0 Å². The van der Waals surface area contributed by atoms with E-state index >= 15 is 0 Å². The maximum absolute atomic E-state index is 2.68. The molecular weight excluding hydrogens is 278 g/mol. The molecule has 0 radical (unpaired) electrons. The van der Waals surface area contributed by atoms with Crippen molar-refractivity contribution >= 4 is 10.9 Å². The summed E-state index contributed by atoms with van der Waals surface area (Å²) in [7, 11) is 2.30. The Labute approximate surface area is 139 Å². The van der Waals surface area contributed by atoms with Gasteiger partial charge < -0.3 is 4.57 Å². The molecule has 1 heteroatoms. The van der Waals surface area contributed by atoms with Gasteiger partial charge in [0.05, 0.1) is 0 Å². The first-order chi connectivity index (χ1) is 11.3. The zero-order chi connectivity index (χ0) is 15.6. The van der Waals surface area contributed by atoms with E-state index in [-0.39, 0.29) is 0 Å². The molecular formula is C22H27N. The van der Waals surface area contributed by atoms with Crippen LogP contribution in [0.25, 0.3) is 10.9 Å². The van der Waals surface area contributed by atoms with E-state index in [9.17, 15) is 0 Å². The molecule has 23 heavy (non-hydrogen) atoms. The molecule has 1 aromatic heterocycles. The average Bonchev–Trinajstić information content (AvgIpc) is 3.47. The summed E-state index contributed by atoms with van der Waals surface area (Å²) < 4.78 is 2.52. The minimum atomic E-state index is 0.362. The van der Waals surface area contributed by atoms with Gasteiger partial charge >= 0.3 is 0 Å². The van der Waals surface area contributed by atoms with Crippen LogP contribution in [0, 0.1) is 11.8 Å². The summed E-state index contributed by atoms with van der Waals surface area (Å²) >= 11 is 0. The smallest absolute Gasteiger partial charge is 0.0483 e. The van der Waals surface area contributed by atoms with Crippen molar-refractivity contribution < 1.29 is 0 Å². The van der Waals surface area contributed by atoms with Crippen molar-refractivity contribution in [2.45, 2.75) is 56.8 Å². The molecule has 1 nitrogen and oxygen atoms in total. The van der Waals surface area contributed by atoms with E-state index in [2.05, 4.69) is 55.0 Å². The molecule has 0 N–H and O–H groups in total. The lowest BCUT2D eigenvalue weighted by Gasteiger charge is -2.38. The Balaban J connectivity index is 1.83. The third kappa shape index (κ3) is 1.80. The number of fused-ring (bicyclic) bond motifs is 3. The standard InChI is InChI=1S/C22H27N/c1-3-6-15-13-14-22(16-9-10-16,17-11-12-17)20-18-7-4-5-8-19(18)23(2)21(15)20/h4-5,7-8,13-17H,3,6,9-12H2,1-2H3. The Morgan fingerprint density at radius 3 is 2.43 bits per heavy atom. The van der Waals surface area contributed by atoms with Gasteiger partial charge in [-0.15, -0.1) is 0 Å². The van der Waals surface area contributed by atoms with Gasteiger partial charge in [0, 0.05) is 35.0 Å². The molecule has 0 spiro atoms. The fraction of sp³-hybridized carbons (Fsp3) is 0.545. The molecule has 2 fully saturated rings. The maximum Gasteiger partial charge on any atom is 0.0483 e. The maximum atomic E-state index is 2.68. The van der Waals surface area contributed by atoms with E-state index in [0.29, 0.717) is 11.3 Å². The van der Waals surface area contributed by atoms with Crippen LogP contribution in [0.2, 0.25) is 0 Å². The molecule has 3 aliphatic carbocycles. The van der Waals surface area contributed by atoms with Crippen LogP contribution >= 0.6 is 0 Å². The first-order valence-electron chi connectivity index (χ1n) is 9.54. The third-order valence-electron chi connectivity index (χ3n) is 6.65. The fourth-order valence-electron chi connectivity index (χ4n) is 5.43. The van der Waals surface area contributed by atoms with Crippen molar-refractivity contribution in [1.82, 2.24) is 4.57 Å². The molecule has 3 aliphatic rings. The number of hydrogen-bond donors (Lipinski definition) is 0. The lowest BCUT2D eigenvalue weighted by Crippen LogP contribution is -2.33. The minimum absolute atomic E-state index is 0.362. The second kappa shape index (κ2) is 4.75. The van der Waals surface area contributed by atoms with E-state index in [1.807, 2.05) is 0 Å². The summed E-state index contributed by atoms with van der Waals surface area (Å²) in [5.74, 6) is 2.41. The Bertz CT molecular complexity index is 774. The van der Waals surface area contributed by atoms with E-state index in [0.717, 1.165) is 11.8 Å². The normalized spacial score (nSPS) is 25.7. The summed E-state index contributed by atoms with van der Waals surface area (Å²) in [5, 5.41) is 1.54. The first kappa shape index (κ1) is 13.9. The lowest BCUT2D eigenvalue weighted by molar-refractivity contribution is 0.391. The third-order valence-corrected chi connectivity index (χ3v) is 6.65. The Kier molecular flexibility index (Phi) is 2.87. The Hall–Kier alpha value is -1.50. The molecule has 0 saturated heterocycles. The number of nitrogens with zero attached hydrogens (tertiary/aromatic N) is 1. The molecule has 0 amide bonds. The number of aromatic nitrogens is 1. The number of para-hydroxylation sites is 1. The van der Waals surface area contributed by atoms with Crippen molar-refractivity contribution in [2.75, 3.05) is 0 Å². The van der Waals surface area contributed by atoms with Gasteiger partial charge in [-0.2, -0.15) is 0 Å². The zero-order valence-electron chi connectivity index (χ0n) is 14.4. The van der Waals surface area contributed by atoms with E-state index in [1.54, 1.807) is 11.3 Å². The van der Waals surface area contributed by atoms with Crippen LogP contribution < -0.4 is 0 Å². The molecule has 2 aromatic rings. The second-order valence-electron chi connectivity index (χ2n) is 8.07. The fourth-order valence-corrected chi connectivity index (χ4v) is 5.43. The van der Waals surface area contributed by atoms with Crippen LogP contribution in [0.3, 0.4) is 0 Å². The highest BCUT2D eigenvalue weighted by molar-refractivity contribution is 5.88. The zero-order valence-corrected chi connectivity index (χ0v) is 14.4. The number of benzene rings is 1. The van der Waals surface area contributed by atoms with Crippen LogP contribution in [-0.4, -0.2) is 4.57 Å². The van der Waals surface area contributed by atoms with Gasteiger partial charge in [0.15, 0.2) is 0 Å². The molecule has 1 heterocycles. The molecule has 1 unspecified atom stereocenters. The van der Waals surface area contributed by atoms with Gasteiger partial charge in [-0.1, -0.05) is 43.7 Å². The molecule has 0 bridgehead atoms. The Morgan fingerprint density at radius 2 is 1.78 bits per heavy atom. The number of allylic oxidation sites excluding steroid dienone is 2. The topological polar surface area (TPSA) is 4.93 Å². The number of aryl methyl sites for hydroxylation is 1. The van der Waals surface area contributed by atoms with Gasteiger partial charge in [0.1, 0.15) is 0 Å². The first-order valence-corrected chi connectivity index (χ1v) is 9.54. The van der Waals surface area contributed by atoms with Crippen LogP contribution in [0.5, 0.6) is 0 Å². The minimum Gasteiger partial charge on any atom is -0.347 e. The van der Waals surface area contributed by atoms with Crippen LogP contribution in [0.4, 0.5) is 0 Å². The SMILES string of the molecule is CCCC1C=CC(C2CC2)(C2CC2)c2c1n(C)c1ccccc21. The largest absolute Gasteiger partial charge is 0.347 e. The van der Waals surface area contributed by atoms with E-state index in [4.69, 9.17) is 0 Å². The van der Waals surface area contributed by atoms with Gasteiger partial charge in [-0.25, -0.2) is 0 Å². The summed E-state index contributed by atoms with van der Waals surface area (Å²) in [6, 6.07) is 9.14. The van der Waals surface area contributed by atoms with Crippen LogP contribution in [0.1, 0.15) is 62.6 Å². The molecule has 1 atom stereocenters. The van der Waals surface area contributed by atoms with Crippen LogP contribution in [-0.2, 0) is 12.5 Å². The van der Waals surface area contributed by atoms with Gasteiger partial charge in [0.2, 0.25) is 0 Å². The summed E-state index contributed by atoms with van der Waals surface area (Å²) in [5.41, 5.74) is 5.16. The molecule has 5 rings (SSSR count). The molecule has 120 valence electrons. The average molecular weight is 305 g/mol. The number of rotatable bonds is 4. The van der Waals surface area contributed by atoms with E-state index < -0.39 is 0 Å². The van der Waals surface area contributed by atoms with Crippen molar-refractivity contribution in [2.24, 2.45) is 18.9 Å². The van der Waals surface area contributed by atoms with Gasteiger partial charge in [0.25, 0.3) is 0 Å². The second-order valence-corrected chi connectivity index (χ2v) is 8.07. The van der Waals surface area contributed by atoms with Crippen molar-refractivity contribution in [3.05, 3.63) is 47.7 Å². The highest BCUT2D eigenvalue weighted by Crippen LogP contribution is 2.64. The van der Waals surface area contributed by atoms with Gasteiger partial charge in [-0.05, 0) is 55.6 Å². The van der Waals surface area contributed by atoms with Gasteiger partial charge in [-0.3, -0.25) is 0 Å². The lowest BCUT2D eigenvalue weighted by atomic mass is 9.66. The van der Waals surface area contributed by atoms with Crippen LogP contribution in [0.15, 0.2) is 36.4 Å². The van der Waals surface area contributed by atoms with E-state index in [1.165, 1.54) is 49.4 Å². The Morgan fingerprint density at radius 1 is 1.09 bits per heavy atom. The number of hydrogen-bond acceptors (Lipinski definition) is 0. The summed E-state index contributed by atoms with van der Waals surface area (Å²) in [6.07, 6.45) is 13.5. The molecule has 1 aromatic carbocycles. The highest BCUT2D eigenvalue weighted by atomic mass is 15.0. The summed E-state index contributed by atoms with van der Waals surface area (Å²) in [6.45, 7) is 2.32. The summed E-state index contributed by atoms with van der Waals surface area (Å²) in [4.78, 5) is 0. The highest BCUT2D eigenvalue weighted by Gasteiger charge is 2.56. The van der Waals surface area contributed by atoms with Crippen molar-refractivity contribution in [3.8, 4) is 0 Å². The predicted molar refractivity (Wildman–Crippen MR) is 96.8 cm³/mol. The quantitative estimate of drug-likeness (QED) is 0.639. The molecule has 0 aliphatic heterocycles.